The Hall–Kier alpha value is -1.73. The maximum Gasteiger partial charge on any atom is 0.325 e. The first-order valence-electron chi connectivity index (χ1n) is 8.93. The van der Waals surface area contributed by atoms with E-state index in [1.165, 1.54) is 47.9 Å². The first-order chi connectivity index (χ1) is 13.0. The Labute approximate surface area is 171 Å². The second-order valence-electron chi connectivity index (χ2n) is 6.76. The van der Waals surface area contributed by atoms with Crippen LogP contribution in [0.15, 0.2) is 36.4 Å². The molecule has 0 spiro atoms. The van der Waals surface area contributed by atoms with Crippen molar-refractivity contribution < 1.29 is 14.7 Å². The molecule has 1 unspecified atom stereocenters. The van der Waals surface area contributed by atoms with Crippen LogP contribution in [0.2, 0.25) is 0 Å². The van der Waals surface area contributed by atoms with E-state index < -0.39 is 12.0 Å². The zero-order valence-electron chi connectivity index (χ0n) is 15.2. The molecule has 27 heavy (non-hydrogen) atoms. The Balaban J connectivity index is 1.68. The van der Waals surface area contributed by atoms with Crippen molar-refractivity contribution in [1.82, 2.24) is 5.32 Å². The van der Waals surface area contributed by atoms with Gasteiger partial charge in [0.05, 0.1) is 17.1 Å². The van der Waals surface area contributed by atoms with E-state index in [0.717, 1.165) is 5.69 Å². The van der Waals surface area contributed by atoms with E-state index in [4.69, 9.17) is 5.11 Å². The standard InChI is InChI=1S/C20H23BrN2O3S/c1-13(20(25)26)22-19(24)10-27-12-23(11-21)18-9-8-15(14-6-7-14)16-4-2-3-5-17(16)18/h2-5,8-9,13-14H,6-7,10-12H2,1H3,(H,22,24)(H,25,26). The van der Waals surface area contributed by atoms with Gasteiger partial charge in [0.1, 0.15) is 6.04 Å². The summed E-state index contributed by atoms with van der Waals surface area (Å²) < 4.78 is 0. The predicted octanol–water partition coefficient (Wildman–Crippen LogP) is 4.16. The Bertz CT molecular complexity index is 841. The van der Waals surface area contributed by atoms with E-state index >= 15 is 0 Å². The number of carbonyl (C=O) groups excluding carboxylic acids is 1. The highest BCUT2D eigenvalue weighted by Crippen LogP contribution is 2.44. The van der Waals surface area contributed by atoms with Gasteiger partial charge in [0.2, 0.25) is 5.91 Å². The first-order valence-corrected chi connectivity index (χ1v) is 11.2. The molecular weight excluding hydrogens is 428 g/mol. The fraction of sp³-hybridized carbons (Fsp3) is 0.400. The Morgan fingerprint density at radius 2 is 1.96 bits per heavy atom. The molecule has 1 aliphatic rings. The molecule has 1 atom stereocenters. The van der Waals surface area contributed by atoms with Crippen LogP contribution in [0.25, 0.3) is 10.8 Å². The molecule has 1 fully saturated rings. The predicted molar refractivity (Wildman–Crippen MR) is 115 cm³/mol. The van der Waals surface area contributed by atoms with Crippen molar-refractivity contribution in [3.63, 3.8) is 0 Å². The first kappa shape index (κ1) is 20.0. The molecule has 5 nitrogen and oxygen atoms in total. The summed E-state index contributed by atoms with van der Waals surface area (Å²) in [7, 11) is 0. The van der Waals surface area contributed by atoms with Gasteiger partial charge in [-0.25, -0.2) is 0 Å². The Morgan fingerprint density at radius 3 is 2.59 bits per heavy atom. The second kappa shape index (κ2) is 8.97. The van der Waals surface area contributed by atoms with Gasteiger partial charge in [-0.05, 0) is 42.7 Å². The van der Waals surface area contributed by atoms with E-state index in [0.29, 0.717) is 17.2 Å². The quantitative estimate of drug-likeness (QED) is 0.341. The number of fused-ring (bicyclic) bond motifs is 1. The molecule has 0 heterocycles. The third-order valence-corrected chi connectivity index (χ3v) is 6.23. The van der Waals surface area contributed by atoms with Crippen LogP contribution in [0.1, 0.15) is 31.2 Å². The molecule has 1 aliphatic carbocycles. The Kier molecular flexibility index (Phi) is 6.65. The number of alkyl halides is 1. The van der Waals surface area contributed by atoms with E-state index in [9.17, 15) is 9.59 Å². The van der Waals surface area contributed by atoms with E-state index in [1.807, 2.05) is 0 Å². The van der Waals surface area contributed by atoms with Crippen LogP contribution in [0.3, 0.4) is 0 Å². The number of rotatable bonds is 9. The molecule has 0 aromatic heterocycles. The van der Waals surface area contributed by atoms with Crippen LogP contribution in [0.5, 0.6) is 0 Å². The van der Waals surface area contributed by atoms with Gasteiger partial charge in [-0.3, -0.25) is 9.59 Å². The third-order valence-electron chi connectivity index (χ3n) is 4.67. The summed E-state index contributed by atoms with van der Waals surface area (Å²) in [6.07, 6.45) is 2.54. The summed E-state index contributed by atoms with van der Waals surface area (Å²) in [6, 6.07) is 12.0. The average molecular weight is 451 g/mol. The maximum atomic E-state index is 11.9. The molecule has 0 radical (unpaired) electrons. The number of halogens is 1. The smallest absolute Gasteiger partial charge is 0.325 e. The van der Waals surface area contributed by atoms with Crippen molar-refractivity contribution >= 4 is 56.0 Å². The zero-order chi connectivity index (χ0) is 19.4. The number of aliphatic carboxylic acids is 1. The van der Waals surface area contributed by atoms with Gasteiger partial charge in [0.25, 0.3) is 0 Å². The van der Waals surface area contributed by atoms with Crippen molar-refractivity contribution in [3.8, 4) is 0 Å². The lowest BCUT2D eigenvalue weighted by Crippen LogP contribution is -2.39. The normalized spacial score (nSPS) is 14.7. The second-order valence-corrected chi connectivity index (χ2v) is 8.21. The number of benzene rings is 2. The highest BCUT2D eigenvalue weighted by Gasteiger charge is 2.26. The minimum atomic E-state index is -1.03. The van der Waals surface area contributed by atoms with Gasteiger partial charge in [-0.1, -0.05) is 46.3 Å². The van der Waals surface area contributed by atoms with Crippen LogP contribution in [0.4, 0.5) is 5.69 Å². The summed E-state index contributed by atoms with van der Waals surface area (Å²) in [6.45, 7) is 1.46. The lowest BCUT2D eigenvalue weighted by Gasteiger charge is -2.24. The van der Waals surface area contributed by atoms with Gasteiger partial charge in [0.15, 0.2) is 0 Å². The largest absolute Gasteiger partial charge is 0.480 e. The molecule has 0 saturated heterocycles. The molecule has 2 aromatic carbocycles. The molecule has 2 aromatic rings. The van der Waals surface area contributed by atoms with Gasteiger partial charge in [0, 0.05) is 11.1 Å². The summed E-state index contributed by atoms with van der Waals surface area (Å²) in [5.41, 5.74) is 3.22. The topological polar surface area (TPSA) is 69.6 Å². The maximum absolute atomic E-state index is 11.9. The number of nitrogens with zero attached hydrogens (tertiary/aromatic N) is 1. The number of nitrogens with one attached hydrogen (secondary N) is 1. The molecule has 2 N–H and O–H groups in total. The number of anilines is 1. The number of carbonyl (C=O) groups is 2. The lowest BCUT2D eigenvalue weighted by molar-refractivity contribution is -0.140. The molecule has 3 rings (SSSR count). The summed E-state index contributed by atoms with van der Waals surface area (Å²) in [5.74, 6) is 0.248. The van der Waals surface area contributed by atoms with Crippen molar-refractivity contribution in [2.75, 3.05) is 22.0 Å². The van der Waals surface area contributed by atoms with Crippen molar-refractivity contribution in [1.29, 1.82) is 0 Å². The zero-order valence-corrected chi connectivity index (χ0v) is 17.6. The molecule has 0 bridgehead atoms. The fourth-order valence-electron chi connectivity index (χ4n) is 3.09. The number of carboxylic acid groups (broad SMARTS) is 1. The lowest BCUT2D eigenvalue weighted by atomic mass is 9.99. The number of carboxylic acids is 1. The van der Waals surface area contributed by atoms with Crippen LogP contribution in [-0.4, -0.2) is 40.1 Å². The van der Waals surface area contributed by atoms with Gasteiger partial charge in [-0.2, -0.15) is 0 Å². The molecule has 144 valence electrons. The summed E-state index contributed by atoms with van der Waals surface area (Å²) in [5, 5.41) is 13.9. The number of hydrogen-bond donors (Lipinski definition) is 2. The van der Waals surface area contributed by atoms with Gasteiger partial charge < -0.3 is 15.3 Å². The number of hydrogen-bond acceptors (Lipinski definition) is 4. The van der Waals surface area contributed by atoms with Crippen molar-refractivity contribution in [3.05, 3.63) is 42.0 Å². The summed E-state index contributed by atoms with van der Waals surface area (Å²) in [4.78, 5) is 24.9. The third kappa shape index (κ3) is 4.96. The van der Waals surface area contributed by atoms with E-state index in [2.05, 4.69) is 62.5 Å². The van der Waals surface area contributed by atoms with Crippen LogP contribution in [0, 0.1) is 0 Å². The minimum Gasteiger partial charge on any atom is -0.480 e. The van der Waals surface area contributed by atoms with E-state index in [1.54, 1.807) is 0 Å². The van der Waals surface area contributed by atoms with Crippen LogP contribution in [-0.2, 0) is 9.59 Å². The van der Waals surface area contributed by atoms with Crippen molar-refractivity contribution in [2.45, 2.75) is 31.7 Å². The minimum absolute atomic E-state index is 0.221. The van der Waals surface area contributed by atoms with Crippen LogP contribution >= 0.6 is 27.7 Å². The van der Waals surface area contributed by atoms with Crippen molar-refractivity contribution in [2.24, 2.45) is 0 Å². The molecule has 7 heteroatoms. The number of thioether (sulfide) groups is 1. The summed E-state index contributed by atoms with van der Waals surface area (Å²) >= 11 is 5.02. The molecule has 0 aliphatic heterocycles. The highest BCUT2D eigenvalue weighted by molar-refractivity contribution is 9.09. The fourth-order valence-corrected chi connectivity index (χ4v) is 4.59. The number of amides is 1. The molecular formula is C20H23BrN2O3S. The SMILES string of the molecule is CC(NC(=O)CSCN(CBr)c1ccc(C2CC2)c2ccccc12)C(=O)O. The van der Waals surface area contributed by atoms with Gasteiger partial charge >= 0.3 is 5.97 Å². The highest BCUT2D eigenvalue weighted by atomic mass is 79.9. The molecule has 1 amide bonds. The molecule has 1 saturated carbocycles. The Morgan fingerprint density at radius 1 is 1.26 bits per heavy atom. The van der Waals surface area contributed by atoms with Gasteiger partial charge in [-0.15, -0.1) is 11.8 Å². The average Bonchev–Trinajstić information content (AvgIpc) is 3.49. The van der Waals surface area contributed by atoms with Crippen LogP contribution < -0.4 is 10.2 Å². The monoisotopic (exact) mass is 450 g/mol. The van der Waals surface area contributed by atoms with E-state index in [-0.39, 0.29) is 11.7 Å².